The monoisotopic (exact) mass is 195 g/mol. The van der Waals surface area contributed by atoms with Crippen LogP contribution in [0.2, 0.25) is 0 Å². The van der Waals surface area contributed by atoms with E-state index in [0.29, 0.717) is 11.5 Å². The Morgan fingerprint density at radius 3 is 2.42 bits per heavy atom. The molecule has 0 saturated heterocycles. The second-order valence-corrected chi connectivity index (χ2v) is 2.72. The Labute approximate surface area is 76.0 Å². The molecule has 0 aromatic carbocycles. The first-order valence-corrected chi connectivity index (χ1v) is 4.15. The molecule has 0 spiro atoms. The summed E-state index contributed by atoms with van der Waals surface area (Å²) in [6.45, 7) is 1.84. The number of hydrogen-bond donors (Lipinski definition) is 4. The molecule has 0 aromatic heterocycles. The normalized spacial score (nSPS) is 16.1. The zero-order valence-electron chi connectivity index (χ0n) is 6.77. The van der Waals surface area contributed by atoms with Crippen LogP contribution in [0.15, 0.2) is 0 Å². The predicted molar refractivity (Wildman–Crippen MR) is 45.2 cm³/mol. The molecule has 0 fully saturated rings. The second kappa shape index (κ2) is 4.66. The summed E-state index contributed by atoms with van der Waals surface area (Å²) in [6.07, 6.45) is 0.542. The predicted octanol–water partition coefficient (Wildman–Crippen LogP) is -0.209. The molecule has 0 radical (unpaired) electrons. The maximum absolute atomic E-state index is 10.5. The van der Waals surface area contributed by atoms with Crippen molar-refractivity contribution in [3.05, 3.63) is 0 Å². The SMILES string of the molecule is CCCN(O)[C@@](O)(CS)C(=O)O. The lowest BCUT2D eigenvalue weighted by molar-refractivity contribution is -0.253. The molecule has 0 aromatic rings. The minimum Gasteiger partial charge on any atom is -0.478 e. The van der Waals surface area contributed by atoms with Gasteiger partial charge >= 0.3 is 5.97 Å². The van der Waals surface area contributed by atoms with E-state index in [9.17, 15) is 9.90 Å². The molecule has 0 rings (SSSR count). The zero-order valence-corrected chi connectivity index (χ0v) is 7.66. The van der Waals surface area contributed by atoms with Gasteiger partial charge < -0.3 is 15.4 Å². The third kappa shape index (κ3) is 2.34. The lowest BCUT2D eigenvalue weighted by Crippen LogP contribution is -2.55. The van der Waals surface area contributed by atoms with Gasteiger partial charge in [0.25, 0.3) is 0 Å². The smallest absolute Gasteiger partial charge is 0.354 e. The Kier molecular flexibility index (Phi) is 4.54. The van der Waals surface area contributed by atoms with Crippen LogP contribution in [0.25, 0.3) is 0 Å². The summed E-state index contributed by atoms with van der Waals surface area (Å²) in [7, 11) is 0. The molecule has 0 heterocycles. The highest BCUT2D eigenvalue weighted by molar-refractivity contribution is 7.80. The summed E-state index contributed by atoms with van der Waals surface area (Å²) in [5, 5.41) is 27.3. The van der Waals surface area contributed by atoms with Crippen molar-refractivity contribution in [1.82, 2.24) is 5.06 Å². The van der Waals surface area contributed by atoms with Gasteiger partial charge in [-0.2, -0.15) is 12.6 Å². The minimum absolute atomic E-state index is 0.0867. The molecule has 12 heavy (non-hydrogen) atoms. The molecule has 0 saturated carbocycles. The number of hydrogen-bond acceptors (Lipinski definition) is 5. The first kappa shape index (κ1) is 11.7. The fourth-order valence-corrected chi connectivity index (χ4v) is 0.955. The number of carbonyl (C=O) groups is 1. The zero-order chi connectivity index (χ0) is 9.78. The molecule has 0 bridgehead atoms. The quantitative estimate of drug-likeness (QED) is 0.277. The highest BCUT2D eigenvalue weighted by atomic mass is 32.1. The lowest BCUT2D eigenvalue weighted by atomic mass is 10.2. The van der Waals surface area contributed by atoms with Crippen molar-refractivity contribution in [2.24, 2.45) is 0 Å². The van der Waals surface area contributed by atoms with Crippen molar-refractivity contribution in [3.63, 3.8) is 0 Å². The first-order chi connectivity index (χ1) is 5.49. The molecule has 0 aliphatic rings. The van der Waals surface area contributed by atoms with E-state index in [-0.39, 0.29) is 12.3 Å². The Bertz CT molecular complexity index is 166. The highest BCUT2D eigenvalue weighted by Gasteiger charge is 2.40. The van der Waals surface area contributed by atoms with Crippen molar-refractivity contribution in [2.45, 2.75) is 19.1 Å². The van der Waals surface area contributed by atoms with Gasteiger partial charge in [-0.3, -0.25) is 0 Å². The molecule has 0 aliphatic carbocycles. The Balaban J connectivity index is 4.39. The Morgan fingerprint density at radius 1 is 1.67 bits per heavy atom. The van der Waals surface area contributed by atoms with Gasteiger partial charge in [-0.25, -0.2) is 4.79 Å². The van der Waals surface area contributed by atoms with Gasteiger partial charge in [0.05, 0.1) is 0 Å². The third-order valence-corrected chi connectivity index (χ3v) is 1.87. The Hall–Kier alpha value is -0.300. The van der Waals surface area contributed by atoms with E-state index >= 15 is 0 Å². The van der Waals surface area contributed by atoms with Gasteiger partial charge in [0, 0.05) is 12.3 Å². The number of carboxylic acids is 1. The van der Waals surface area contributed by atoms with Crippen LogP contribution in [-0.4, -0.2) is 44.5 Å². The van der Waals surface area contributed by atoms with Crippen LogP contribution in [0.1, 0.15) is 13.3 Å². The standard InChI is InChI=1S/C6H13NO4S/c1-2-3-7(11)6(10,4-12)5(8)9/h10-12H,2-4H2,1H3,(H,8,9)/t6-/m1/s1. The number of carboxylic acid groups (broad SMARTS) is 1. The molecule has 5 nitrogen and oxygen atoms in total. The van der Waals surface area contributed by atoms with Gasteiger partial charge in [0.2, 0.25) is 5.72 Å². The summed E-state index contributed by atoms with van der Waals surface area (Å²) in [6, 6.07) is 0. The molecule has 0 aliphatic heterocycles. The first-order valence-electron chi connectivity index (χ1n) is 3.52. The van der Waals surface area contributed by atoms with E-state index in [4.69, 9.17) is 10.3 Å². The molecule has 0 unspecified atom stereocenters. The largest absolute Gasteiger partial charge is 0.478 e. The molecule has 0 amide bonds. The third-order valence-electron chi connectivity index (χ3n) is 1.43. The highest BCUT2D eigenvalue weighted by Crippen LogP contribution is 2.12. The summed E-state index contributed by atoms with van der Waals surface area (Å²) >= 11 is 3.64. The molecule has 72 valence electrons. The van der Waals surface area contributed by atoms with Gasteiger partial charge in [0.15, 0.2) is 0 Å². The molecular formula is C6H13NO4S. The van der Waals surface area contributed by atoms with Gasteiger partial charge in [-0.05, 0) is 6.42 Å². The fraction of sp³-hybridized carbons (Fsp3) is 0.833. The van der Waals surface area contributed by atoms with Crippen LogP contribution < -0.4 is 0 Å². The Morgan fingerprint density at radius 2 is 2.17 bits per heavy atom. The maximum atomic E-state index is 10.5. The van der Waals surface area contributed by atoms with Crippen molar-refractivity contribution < 1.29 is 20.2 Å². The molecule has 3 N–H and O–H groups in total. The van der Waals surface area contributed by atoms with E-state index in [1.54, 1.807) is 6.92 Å². The van der Waals surface area contributed by atoms with E-state index < -0.39 is 11.7 Å². The van der Waals surface area contributed by atoms with Crippen LogP contribution in [-0.2, 0) is 4.79 Å². The summed E-state index contributed by atoms with van der Waals surface area (Å²) in [5.41, 5.74) is -2.28. The average molecular weight is 195 g/mol. The number of aliphatic carboxylic acids is 1. The van der Waals surface area contributed by atoms with Crippen molar-refractivity contribution in [2.75, 3.05) is 12.3 Å². The van der Waals surface area contributed by atoms with E-state index in [1.807, 2.05) is 0 Å². The van der Waals surface area contributed by atoms with Crippen molar-refractivity contribution >= 4 is 18.6 Å². The fourth-order valence-electron chi connectivity index (χ4n) is 0.656. The number of rotatable bonds is 5. The van der Waals surface area contributed by atoms with Crippen molar-refractivity contribution in [3.8, 4) is 0 Å². The lowest BCUT2D eigenvalue weighted by Gasteiger charge is -2.29. The van der Waals surface area contributed by atoms with Crippen molar-refractivity contribution in [1.29, 1.82) is 0 Å². The molecule has 1 atom stereocenters. The van der Waals surface area contributed by atoms with Gasteiger partial charge in [0.1, 0.15) is 0 Å². The molecular weight excluding hydrogens is 182 g/mol. The van der Waals surface area contributed by atoms with E-state index in [2.05, 4.69) is 12.6 Å². The van der Waals surface area contributed by atoms with Crippen LogP contribution in [0.5, 0.6) is 0 Å². The second-order valence-electron chi connectivity index (χ2n) is 2.40. The van der Waals surface area contributed by atoms with Crippen LogP contribution in [0.4, 0.5) is 0 Å². The summed E-state index contributed by atoms with van der Waals surface area (Å²) in [4.78, 5) is 10.5. The average Bonchev–Trinajstić information content (AvgIpc) is 2.03. The van der Waals surface area contributed by atoms with Gasteiger partial charge in [-0.1, -0.05) is 6.92 Å². The van der Waals surface area contributed by atoms with Gasteiger partial charge in [-0.15, -0.1) is 5.06 Å². The number of nitrogens with zero attached hydrogens (tertiary/aromatic N) is 1. The van der Waals surface area contributed by atoms with Crippen LogP contribution >= 0.6 is 12.6 Å². The topological polar surface area (TPSA) is 81.0 Å². The maximum Gasteiger partial charge on any atom is 0.354 e. The summed E-state index contributed by atoms with van der Waals surface area (Å²) in [5.74, 6) is -1.87. The molecule has 6 heteroatoms. The van der Waals surface area contributed by atoms with E-state index in [1.165, 1.54) is 0 Å². The number of hydroxylamine groups is 2. The van der Waals surface area contributed by atoms with Crippen LogP contribution in [0, 0.1) is 0 Å². The minimum atomic E-state index is -2.28. The summed E-state index contributed by atoms with van der Waals surface area (Å²) < 4.78 is 0. The van der Waals surface area contributed by atoms with E-state index in [0.717, 1.165) is 0 Å². The number of aliphatic hydroxyl groups is 1. The van der Waals surface area contributed by atoms with Crippen LogP contribution in [0.3, 0.4) is 0 Å². The number of thiol groups is 1.